The average molecular weight is 244 g/mol. The number of hydrogen-bond donors (Lipinski definition) is 2. The van der Waals surface area contributed by atoms with Crippen molar-refractivity contribution in [3.8, 4) is 5.75 Å². The zero-order valence-electron chi connectivity index (χ0n) is 9.66. The Bertz CT molecular complexity index is 329. The highest BCUT2D eigenvalue weighted by molar-refractivity contribution is 6.30. The van der Waals surface area contributed by atoms with Crippen LogP contribution in [-0.2, 0) is 6.54 Å². The number of ether oxygens (including phenoxy) is 1. The fraction of sp³-hybridized carbons (Fsp3) is 0.500. The first-order valence-electron chi connectivity index (χ1n) is 5.43. The molecule has 0 saturated heterocycles. The first-order chi connectivity index (χ1) is 7.63. The van der Waals surface area contributed by atoms with Gasteiger partial charge in [0, 0.05) is 23.7 Å². The minimum absolute atomic E-state index is 0.352. The monoisotopic (exact) mass is 243 g/mol. The number of rotatable bonds is 6. The molecule has 4 heteroatoms. The molecule has 0 radical (unpaired) electrons. The Labute approximate surface area is 101 Å². The molecule has 0 aliphatic rings. The quantitative estimate of drug-likeness (QED) is 0.805. The first-order valence-corrected chi connectivity index (χ1v) is 5.81. The van der Waals surface area contributed by atoms with Gasteiger partial charge in [0.25, 0.3) is 0 Å². The zero-order valence-corrected chi connectivity index (χ0v) is 10.4. The highest BCUT2D eigenvalue weighted by atomic mass is 35.5. The molecule has 1 rings (SSSR count). The van der Waals surface area contributed by atoms with Crippen LogP contribution in [-0.4, -0.2) is 24.4 Å². The van der Waals surface area contributed by atoms with E-state index in [9.17, 15) is 0 Å². The third-order valence-electron chi connectivity index (χ3n) is 2.08. The molecule has 0 aliphatic heterocycles. The van der Waals surface area contributed by atoms with Gasteiger partial charge < -0.3 is 15.2 Å². The molecule has 0 spiro atoms. The summed E-state index contributed by atoms with van der Waals surface area (Å²) in [5.74, 6) is 0.838. The Kier molecular flexibility index (Phi) is 5.60. The summed E-state index contributed by atoms with van der Waals surface area (Å²) in [5.41, 5.74) is 1.01. The fourth-order valence-corrected chi connectivity index (χ4v) is 1.59. The van der Waals surface area contributed by atoms with Gasteiger partial charge in [-0.05, 0) is 32.0 Å². The maximum absolute atomic E-state index is 9.14. The Hall–Kier alpha value is -0.770. The third kappa shape index (κ3) is 4.39. The van der Waals surface area contributed by atoms with E-state index in [0.29, 0.717) is 24.7 Å². The second kappa shape index (κ2) is 6.74. The van der Waals surface area contributed by atoms with Crippen LogP contribution >= 0.6 is 11.6 Å². The molecule has 1 atom stereocenters. The van der Waals surface area contributed by atoms with Crippen molar-refractivity contribution in [1.82, 2.24) is 5.32 Å². The summed E-state index contributed by atoms with van der Waals surface area (Å²) in [4.78, 5) is 0. The minimum atomic E-state index is -0.352. The predicted molar refractivity (Wildman–Crippen MR) is 66.0 cm³/mol. The summed E-state index contributed by atoms with van der Waals surface area (Å²) in [7, 11) is 0. The van der Waals surface area contributed by atoms with Gasteiger partial charge in [0.1, 0.15) is 5.75 Å². The molecule has 0 saturated carbocycles. The number of hydrogen-bond acceptors (Lipinski definition) is 3. The summed E-state index contributed by atoms with van der Waals surface area (Å²) >= 11 is 5.93. The lowest BCUT2D eigenvalue weighted by atomic mass is 10.2. The summed E-state index contributed by atoms with van der Waals surface area (Å²) < 4.78 is 5.49. The maximum Gasteiger partial charge on any atom is 0.123 e. The van der Waals surface area contributed by atoms with Crippen LogP contribution in [0, 0.1) is 0 Å². The fourth-order valence-electron chi connectivity index (χ4n) is 1.40. The van der Waals surface area contributed by atoms with E-state index in [0.717, 1.165) is 11.3 Å². The van der Waals surface area contributed by atoms with Crippen LogP contribution in [0.5, 0.6) is 5.75 Å². The molecule has 0 heterocycles. The minimum Gasteiger partial charge on any atom is -0.494 e. The van der Waals surface area contributed by atoms with Gasteiger partial charge in [-0.2, -0.15) is 0 Å². The van der Waals surface area contributed by atoms with Gasteiger partial charge in [0.2, 0.25) is 0 Å². The lowest BCUT2D eigenvalue weighted by Gasteiger charge is -2.12. The Morgan fingerprint density at radius 1 is 1.50 bits per heavy atom. The summed E-state index contributed by atoms with van der Waals surface area (Å²) in [6.45, 7) is 5.51. The average Bonchev–Trinajstić information content (AvgIpc) is 2.21. The largest absolute Gasteiger partial charge is 0.494 e. The Morgan fingerprint density at radius 3 is 2.88 bits per heavy atom. The van der Waals surface area contributed by atoms with Crippen molar-refractivity contribution in [1.29, 1.82) is 0 Å². The van der Waals surface area contributed by atoms with Gasteiger partial charge in [-0.3, -0.25) is 0 Å². The SMILES string of the molecule is CCOc1ccc(Cl)cc1CNC[C@@H](C)O. The number of halogens is 1. The van der Waals surface area contributed by atoms with Gasteiger partial charge in [-0.1, -0.05) is 11.6 Å². The van der Waals surface area contributed by atoms with E-state index in [1.807, 2.05) is 25.1 Å². The van der Waals surface area contributed by atoms with E-state index < -0.39 is 0 Å². The second-order valence-electron chi connectivity index (χ2n) is 3.66. The Balaban J connectivity index is 2.64. The summed E-state index contributed by atoms with van der Waals surface area (Å²) in [6, 6.07) is 5.55. The molecule has 0 bridgehead atoms. The van der Waals surface area contributed by atoms with Crippen molar-refractivity contribution in [2.75, 3.05) is 13.2 Å². The molecule has 0 aromatic heterocycles. The van der Waals surface area contributed by atoms with Crippen LogP contribution in [0.1, 0.15) is 19.4 Å². The first kappa shape index (κ1) is 13.3. The summed E-state index contributed by atoms with van der Waals surface area (Å²) in [6.07, 6.45) is -0.352. The van der Waals surface area contributed by atoms with Crippen molar-refractivity contribution in [3.63, 3.8) is 0 Å². The third-order valence-corrected chi connectivity index (χ3v) is 2.31. The van der Waals surface area contributed by atoms with Crippen LogP contribution in [0.25, 0.3) is 0 Å². The lowest BCUT2D eigenvalue weighted by molar-refractivity contribution is 0.190. The molecule has 3 nitrogen and oxygen atoms in total. The van der Waals surface area contributed by atoms with E-state index in [1.165, 1.54) is 0 Å². The lowest BCUT2D eigenvalue weighted by Crippen LogP contribution is -2.24. The van der Waals surface area contributed by atoms with E-state index in [2.05, 4.69) is 5.32 Å². The molecule has 0 unspecified atom stereocenters. The molecule has 2 N–H and O–H groups in total. The molecular formula is C12H18ClNO2. The van der Waals surface area contributed by atoms with Crippen LogP contribution in [0.2, 0.25) is 5.02 Å². The van der Waals surface area contributed by atoms with Crippen molar-refractivity contribution in [2.24, 2.45) is 0 Å². The number of benzene rings is 1. The van der Waals surface area contributed by atoms with E-state index >= 15 is 0 Å². The molecule has 0 fully saturated rings. The number of nitrogens with one attached hydrogen (secondary N) is 1. The van der Waals surface area contributed by atoms with Gasteiger partial charge >= 0.3 is 0 Å². The summed E-state index contributed by atoms with van der Waals surface area (Å²) in [5, 5.41) is 13.0. The zero-order chi connectivity index (χ0) is 12.0. The van der Waals surface area contributed by atoms with Gasteiger partial charge in [-0.25, -0.2) is 0 Å². The van der Waals surface area contributed by atoms with E-state index in [1.54, 1.807) is 6.92 Å². The normalized spacial score (nSPS) is 12.5. The molecule has 0 amide bonds. The van der Waals surface area contributed by atoms with Crippen molar-refractivity contribution >= 4 is 11.6 Å². The van der Waals surface area contributed by atoms with Crippen molar-refractivity contribution < 1.29 is 9.84 Å². The topological polar surface area (TPSA) is 41.5 Å². The van der Waals surface area contributed by atoms with E-state index in [-0.39, 0.29) is 6.10 Å². The second-order valence-corrected chi connectivity index (χ2v) is 4.10. The maximum atomic E-state index is 9.14. The van der Waals surface area contributed by atoms with Crippen LogP contribution in [0.15, 0.2) is 18.2 Å². The predicted octanol–water partition coefficient (Wildman–Crippen LogP) is 2.21. The van der Waals surface area contributed by atoms with Crippen LogP contribution < -0.4 is 10.1 Å². The smallest absolute Gasteiger partial charge is 0.123 e. The standard InChI is InChI=1S/C12H18ClNO2/c1-3-16-12-5-4-11(13)6-10(12)8-14-7-9(2)15/h4-6,9,14-15H,3,7-8H2,1-2H3/t9-/m1/s1. The molecule has 1 aromatic rings. The molecular weight excluding hydrogens is 226 g/mol. The Morgan fingerprint density at radius 2 is 2.25 bits per heavy atom. The highest BCUT2D eigenvalue weighted by Crippen LogP contribution is 2.22. The number of aliphatic hydroxyl groups excluding tert-OH is 1. The van der Waals surface area contributed by atoms with Gasteiger partial charge in [0.15, 0.2) is 0 Å². The van der Waals surface area contributed by atoms with Gasteiger partial charge in [0.05, 0.1) is 12.7 Å². The molecule has 1 aromatic carbocycles. The molecule has 16 heavy (non-hydrogen) atoms. The molecule has 90 valence electrons. The van der Waals surface area contributed by atoms with Crippen molar-refractivity contribution in [3.05, 3.63) is 28.8 Å². The highest BCUT2D eigenvalue weighted by Gasteiger charge is 2.04. The number of aliphatic hydroxyl groups is 1. The molecule has 0 aliphatic carbocycles. The van der Waals surface area contributed by atoms with Crippen LogP contribution in [0.3, 0.4) is 0 Å². The van der Waals surface area contributed by atoms with E-state index in [4.69, 9.17) is 21.4 Å². The van der Waals surface area contributed by atoms with Gasteiger partial charge in [-0.15, -0.1) is 0 Å². The van der Waals surface area contributed by atoms with Crippen LogP contribution in [0.4, 0.5) is 0 Å². The van der Waals surface area contributed by atoms with Crippen molar-refractivity contribution in [2.45, 2.75) is 26.5 Å².